The highest BCUT2D eigenvalue weighted by molar-refractivity contribution is 6.33. The maximum absolute atomic E-state index is 14.5. The molecule has 3 aromatic carbocycles. The molecule has 2 amide bonds. The summed E-state index contributed by atoms with van der Waals surface area (Å²) in [6.07, 6.45) is -1.04. The summed E-state index contributed by atoms with van der Waals surface area (Å²) in [7, 11) is 2.99. The molecule has 1 aromatic heterocycles. The van der Waals surface area contributed by atoms with Gasteiger partial charge in [-0.2, -0.15) is 4.98 Å². The van der Waals surface area contributed by atoms with Gasteiger partial charge in [0.15, 0.2) is 0 Å². The van der Waals surface area contributed by atoms with Crippen molar-refractivity contribution >= 4 is 40.9 Å². The number of ether oxygens (including phenoxy) is 1. The van der Waals surface area contributed by atoms with Crippen LogP contribution >= 0.6 is 11.6 Å². The molecular weight excluding hydrogens is 626 g/mol. The van der Waals surface area contributed by atoms with Crippen molar-refractivity contribution in [1.82, 2.24) is 19.8 Å². The van der Waals surface area contributed by atoms with E-state index in [1.807, 2.05) is 32.9 Å². The van der Waals surface area contributed by atoms with Crippen LogP contribution in [-0.2, 0) is 0 Å². The van der Waals surface area contributed by atoms with Crippen LogP contribution in [0, 0.1) is 32.4 Å². The molecule has 4 aromatic rings. The Labute approximate surface area is 279 Å². The first kappa shape index (κ1) is 35.2. The minimum absolute atomic E-state index is 0.0969. The summed E-state index contributed by atoms with van der Waals surface area (Å²) in [5.74, 6) is -1.91. The van der Waals surface area contributed by atoms with Crippen LogP contribution in [0.2, 0.25) is 5.02 Å². The van der Waals surface area contributed by atoms with Gasteiger partial charge in [-0.3, -0.25) is 9.69 Å². The van der Waals surface area contributed by atoms with Gasteiger partial charge in [0.2, 0.25) is 11.8 Å². The Bertz CT molecular complexity index is 1770. The highest BCUT2D eigenvalue weighted by Crippen LogP contribution is 2.33. The number of hydrogen-bond acceptors (Lipinski definition) is 7. The van der Waals surface area contributed by atoms with E-state index in [1.54, 1.807) is 36.2 Å². The molecule has 1 N–H and O–H groups in total. The Balaban J connectivity index is 1.62. The number of anilines is 3. The summed E-state index contributed by atoms with van der Waals surface area (Å²) >= 11 is 5.97. The number of hydrogen-bond donors (Lipinski definition) is 1. The van der Waals surface area contributed by atoms with Gasteiger partial charge in [0.25, 0.3) is 5.91 Å². The van der Waals surface area contributed by atoms with E-state index >= 15 is 0 Å². The Morgan fingerprint density at radius 2 is 1.53 bits per heavy atom. The van der Waals surface area contributed by atoms with Crippen molar-refractivity contribution in [3.63, 3.8) is 0 Å². The van der Waals surface area contributed by atoms with Crippen molar-refractivity contribution in [1.29, 1.82) is 0 Å². The zero-order valence-corrected chi connectivity index (χ0v) is 28.4. The number of likely N-dealkylation sites (N-methyl/N-ethyl adjacent to an activating group) is 2. The number of aromatic nitrogens is 2. The molecule has 248 valence electrons. The third-order valence-electron chi connectivity index (χ3n) is 8.24. The highest BCUT2D eigenvalue weighted by Gasteiger charge is 2.24. The minimum Gasteiger partial charge on any atom is -0.391 e. The van der Waals surface area contributed by atoms with Crippen LogP contribution in [0.25, 0.3) is 11.3 Å². The van der Waals surface area contributed by atoms with Crippen molar-refractivity contribution in [3.8, 4) is 17.1 Å². The van der Waals surface area contributed by atoms with Crippen LogP contribution in [-0.4, -0.2) is 72.0 Å². The second-order valence-electron chi connectivity index (χ2n) is 11.2. The fraction of sp³-hybridized carbons (Fsp3) is 0.314. The van der Waals surface area contributed by atoms with E-state index in [9.17, 15) is 18.4 Å². The number of carbonyl (C=O) groups is 2. The quantitative estimate of drug-likeness (QED) is 0.164. The topological polar surface area (TPSA) is 90.9 Å². The Morgan fingerprint density at radius 1 is 0.872 bits per heavy atom. The lowest BCUT2D eigenvalue weighted by molar-refractivity contribution is 0.0779. The normalized spacial score (nSPS) is 11.0. The number of aryl methyl sites for hydroxylation is 1. The van der Waals surface area contributed by atoms with Crippen LogP contribution in [0.3, 0.4) is 0 Å². The summed E-state index contributed by atoms with van der Waals surface area (Å²) in [6, 6.07) is 14.0. The molecular formula is C35H39ClF2N6O3. The SMILES string of the molecule is CCN(CC)CCN(C)C(=O)c1ccc(Nc2nc(OC(=O)N(C)c3c(F)ccc(F)c3Cl)cc(-c3ccc(C)c(C)c3C)n2)cc1. The van der Waals surface area contributed by atoms with Crippen molar-refractivity contribution in [2.45, 2.75) is 34.6 Å². The molecule has 0 aliphatic rings. The number of nitrogens with one attached hydrogen (secondary N) is 1. The molecule has 9 nitrogen and oxygen atoms in total. The molecule has 0 atom stereocenters. The van der Waals surface area contributed by atoms with E-state index in [0.717, 1.165) is 58.9 Å². The Morgan fingerprint density at radius 3 is 2.19 bits per heavy atom. The molecule has 0 fully saturated rings. The molecule has 1 heterocycles. The van der Waals surface area contributed by atoms with Crippen molar-refractivity contribution in [3.05, 3.63) is 93.5 Å². The fourth-order valence-electron chi connectivity index (χ4n) is 4.96. The zero-order valence-electron chi connectivity index (χ0n) is 27.6. The summed E-state index contributed by atoms with van der Waals surface area (Å²) in [5.41, 5.74) is 5.06. The monoisotopic (exact) mass is 664 g/mol. The molecule has 47 heavy (non-hydrogen) atoms. The van der Waals surface area contributed by atoms with Gasteiger partial charge in [0.05, 0.1) is 5.69 Å². The molecule has 0 aliphatic carbocycles. The average molecular weight is 665 g/mol. The van der Waals surface area contributed by atoms with E-state index in [1.165, 1.54) is 13.1 Å². The van der Waals surface area contributed by atoms with Crippen molar-refractivity contribution in [2.24, 2.45) is 0 Å². The second kappa shape index (κ2) is 15.3. The van der Waals surface area contributed by atoms with E-state index in [2.05, 4.69) is 34.0 Å². The first-order valence-corrected chi connectivity index (χ1v) is 15.6. The number of nitrogens with zero attached hydrogens (tertiary/aromatic N) is 5. The van der Waals surface area contributed by atoms with E-state index in [0.29, 0.717) is 23.5 Å². The minimum atomic E-state index is -1.04. The first-order valence-electron chi connectivity index (χ1n) is 15.2. The van der Waals surface area contributed by atoms with Gasteiger partial charge in [0.1, 0.15) is 22.3 Å². The first-order chi connectivity index (χ1) is 22.3. The lowest BCUT2D eigenvalue weighted by Crippen LogP contribution is -2.36. The molecule has 4 rings (SSSR count). The third-order valence-corrected chi connectivity index (χ3v) is 8.60. The van der Waals surface area contributed by atoms with Gasteiger partial charge in [-0.05, 0) is 86.9 Å². The fourth-order valence-corrected chi connectivity index (χ4v) is 5.24. The van der Waals surface area contributed by atoms with Gasteiger partial charge in [-0.25, -0.2) is 18.6 Å². The molecule has 0 saturated carbocycles. The number of halogens is 3. The number of rotatable bonds is 11. The Kier molecular flexibility index (Phi) is 11.5. The Hall–Kier alpha value is -4.61. The van der Waals surface area contributed by atoms with Crippen LogP contribution in [0.1, 0.15) is 40.9 Å². The van der Waals surface area contributed by atoms with Gasteiger partial charge >= 0.3 is 6.09 Å². The lowest BCUT2D eigenvalue weighted by atomic mass is 9.97. The average Bonchev–Trinajstić information content (AvgIpc) is 3.05. The molecule has 0 radical (unpaired) electrons. The van der Waals surface area contributed by atoms with Gasteiger partial charge in [-0.1, -0.05) is 37.6 Å². The zero-order chi connectivity index (χ0) is 34.4. The lowest BCUT2D eigenvalue weighted by Gasteiger charge is -2.23. The standard InChI is InChI=1S/C35H39ClF2N6O3/c1-8-44(9-2)19-18-42(6)33(45)24-11-13-25(14-12-24)39-34-40-29(26-15-10-21(3)22(4)23(26)5)20-30(41-34)47-35(46)43(7)32-28(38)17-16-27(37)31(32)36/h10-17,20H,8-9,18-19H2,1-7H3,(H,39,40,41). The highest BCUT2D eigenvalue weighted by atomic mass is 35.5. The largest absolute Gasteiger partial charge is 0.420 e. The number of benzene rings is 3. The van der Waals surface area contributed by atoms with Crippen molar-refractivity contribution in [2.75, 3.05) is 50.5 Å². The molecule has 0 unspecified atom stereocenters. The van der Waals surface area contributed by atoms with E-state index in [4.69, 9.17) is 16.3 Å². The van der Waals surface area contributed by atoms with E-state index < -0.39 is 28.4 Å². The molecule has 0 saturated heterocycles. The maximum atomic E-state index is 14.5. The summed E-state index contributed by atoms with van der Waals surface area (Å²) in [6.45, 7) is 13.4. The smallest absolute Gasteiger partial charge is 0.391 e. The molecule has 0 spiro atoms. The van der Waals surface area contributed by atoms with Crippen LogP contribution < -0.4 is 15.0 Å². The summed E-state index contributed by atoms with van der Waals surface area (Å²) in [4.78, 5) is 39.9. The van der Waals surface area contributed by atoms with Crippen LogP contribution in [0.4, 0.5) is 30.9 Å². The van der Waals surface area contributed by atoms with Crippen molar-refractivity contribution < 1.29 is 23.1 Å². The van der Waals surface area contributed by atoms with E-state index in [-0.39, 0.29) is 17.7 Å². The summed E-state index contributed by atoms with van der Waals surface area (Å²) < 4.78 is 34.2. The maximum Gasteiger partial charge on any atom is 0.420 e. The predicted octanol–water partition coefficient (Wildman–Crippen LogP) is 7.79. The number of carbonyl (C=O) groups excluding carboxylic acids is 2. The molecule has 0 bridgehead atoms. The van der Waals surface area contributed by atoms with Gasteiger partial charge in [0, 0.05) is 50.1 Å². The second-order valence-corrected chi connectivity index (χ2v) is 11.5. The predicted molar refractivity (Wildman–Crippen MR) is 182 cm³/mol. The molecule has 0 aliphatic heterocycles. The van der Waals surface area contributed by atoms with Crippen LogP contribution in [0.5, 0.6) is 5.88 Å². The van der Waals surface area contributed by atoms with Gasteiger partial charge < -0.3 is 19.9 Å². The summed E-state index contributed by atoms with van der Waals surface area (Å²) in [5, 5.41) is 2.56. The van der Waals surface area contributed by atoms with Crippen LogP contribution in [0.15, 0.2) is 54.6 Å². The molecule has 12 heteroatoms. The number of amides is 2. The van der Waals surface area contributed by atoms with Gasteiger partial charge in [-0.15, -0.1) is 0 Å². The third kappa shape index (κ3) is 8.22.